The van der Waals surface area contributed by atoms with Crippen LogP contribution < -0.4 is 15.1 Å². The number of halogens is 1. The molecule has 0 radical (unpaired) electrons. The standard InChI is InChI=1S/C18H18FN3O2/c1-21(2)14-9-5-13(6-10-14)20-16-11-17(23)22(18(16)24)15-7-3-12(19)4-8-15/h3-10,16,20H,11H2,1-2H3. The largest absolute Gasteiger partial charge is 0.378 e. The Bertz CT molecular complexity index is 757. The van der Waals surface area contributed by atoms with Gasteiger partial charge in [-0.3, -0.25) is 9.59 Å². The van der Waals surface area contributed by atoms with Crippen LogP contribution in [0.5, 0.6) is 0 Å². The maximum Gasteiger partial charge on any atom is 0.256 e. The molecule has 6 heteroatoms. The van der Waals surface area contributed by atoms with Crippen LogP contribution in [0.3, 0.4) is 0 Å². The number of nitrogens with zero attached hydrogens (tertiary/aromatic N) is 2. The Kier molecular flexibility index (Phi) is 4.20. The number of anilines is 3. The van der Waals surface area contributed by atoms with E-state index in [-0.39, 0.29) is 18.2 Å². The summed E-state index contributed by atoms with van der Waals surface area (Å²) in [5.74, 6) is -1.04. The molecule has 1 atom stereocenters. The fourth-order valence-electron chi connectivity index (χ4n) is 2.66. The van der Waals surface area contributed by atoms with Crippen LogP contribution in [0.25, 0.3) is 0 Å². The minimum atomic E-state index is -0.618. The smallest absolute Gasteiger partial charge is 0.256 e. The Morgan fingerprint density at radius 3 is 2.25 bits per heavy atom. The molecule has 2 amide bonds. The second kappa shape index (κ2) is 6.31. The van der Waals surface area contributed by atoms with Crippen molar-refractivity contribution in [2.45, 2.75) is 12.5 Å². The second-order valence-electron chi connectivity index (χ2n) is 5.89. The van der Waals surface area contributed by atoms with Crippen molar-refractivity contribution < 1.29 is 14.0 Å². The van der Waals surface area contributed by atoms with Gasteiger partial charge in [-0.25, -0.2) is 9.29 Å². The third-order valence-corrected chi connectivity index (χ3v) is 3.96. The first-order chi connectivity index (χ1) is 11.5. The van der Waals surface area contributed by atoms with Crippen LogP contribution in [0.1, 0.15) is 6.42 Å². The van der Waals surface area contributed by atoms with Gasteiger partial charge in [0.05, 0.1) is 12.1 Å². The molecule has 1 unspecified atom stereocenters. The number of hydrogen-bond acceptors (Lipinski definition) is 4. The van der Waals surface area contributed by atoms with Gasteiger partial charge in [-0.05, 0) is 48.5 Å². The van der Waals surface area contributed by atoms with Crippen LogP contribution >= 0.6 is 0 Å². The van der Waals surface area contributed by atoms with Crippen molar-refractivity contribution in [3.8, 4) is 0 Å². The molecule has 5 nitrogen and oxygen atoms in total. The summed E-state index contributed by atoms with van der Waals surface area (Å²) in [5.41, 5.74) is 2.20. The molecule has 0 saturated carbocycles. The van der Waals surface area contributed by atoms with E-state index >= 15 is 0 Å². The molecule has 1 heterocycles. The minimum absolute atomic E-state index is 0.0750. The molecular formula is C18H18FN3O2. The van der Waals surface area contributed by atoms with Gasteiger partial charge < -0.3 is 10.2 Å². The lowest BCUT2D eigenvalue weighted by molar-refractivity contribution is -0.121. The van der Waals surface area contributed by atoms with Gasteiger partial charge in [0.15, 0.2) is 0 Å². The average Bonchev–Trinajstić information content (AvgIpc) is 2.83. The zero-order valence-corrected chi connectivity index (χ0v) is 13.5. The average molecular weight is 327 g/mol. The normalized spacial score (nSPS) is 17.3. The van der Waals surface area contributed by atoms with Crippen LogP contribution in [0.15, 0.2) is 48.5 Å². The summed E-state index contributed by atoms with van der Waals surface area (Å²) in [6.45, 7) is 0. The highest BCUT2D eigenvalue weighted by molar-refractivity contribution is 6.23. The van der Waals surface area contributed by atoms with Crippen LogP contribution in [-0.4, -0.2) is 32.0 Å². The first-order valence-corrected chi connectivity index (χ1v) is 7.62. The van der Waals surface area contributed by atoms with E-state index < -0.39 is 11.9 Å². The molecule has 0 bridgehead atoms. The molecule has 1 aliphatic rings. The summed E-state index contributed by atoms with van der Waals surface area (Å²) in [5, 5.41) is 3.09. The molecule has 1 aliphatic heterocycles. The lowest BCUT2D eigenvalue weighted by Crippen LogP contribution is -2.34. The molecule has 0 aliphatic carbocycles. The summed E-state index contributed by atoms with van der Waals surface area (Å²) in [6.07, 6.45) is 0.0750. The zero-order valence-electron chi connectivity index (χ0n) is 13.5. The lowest BCUT2D eigenvalue weighted by atomic mass is 10.2. The molecular weight excluding hydrogens is 309 g/mol. The number of nitrogens with one attached hydrogen (secondary N) is 1. The highest BCUT2D eigenvalue weighted by Crippen LogP contribution is 2.25. The van der Waals surface area contributed by atoms with Gasteiger partial charge in [0, 0.05) is 25.5 Å². The Hall–Kier alpha value is -2.89. The van der Waals surface area contributed by atoms with E-state index in [4.69, 9.17) is 0 Å². The van der Waals surface area contributed by atoms with Crippen LogP contribution in [-0.2, 0) is 9.59 Å². The van der Waals surface area contributed by atoms with Gasteiger partial charge in [-0.2, -0.15) is 0 Å². The number of hydrogen-bond donors (Lipinski definition) is 1. The van der Waals surface area contributed by atoms with E-state index in [0.717, 1.165) is 16.3 Å². The minimum Gasteiger partial charge on any atom is -0.378 e. The Morgan fingerprint density at radius 2 is 1.67 bits per heavy atom. The SMILES string of the molecule is CN(C)c1ccc(NC2CC(=O)N(c3ccc(F)cc3)C2=O)cc1. The monoisotopic (exact) mass is 327 g/mol. The maximum atomic E-state index is 13.0. The van der Waals surface area contributed by atoms with E-state index in [2.05, 4.69) is 5.32 Å². The highest BCUT2D eigenvalue weighted by atomic mass is 19.1. The van der Waals surface area contributed by atoms with Crippen molar-refractivity contribution >= 4 is 28.9 Å². The predicted molar refractivity (Wildman–Crippen MR) is 91.7 cm³/mol. The quantitative estimate of drug-likeness (QED) is 0.877. The third kappa shape index (κ3) is 3.08. The number of rotatable bonds is 4. The van der Waals surface area contributed by atoms with Crippen molar-refractivity contribution in [1.29, 1.82) is 0 Å². The van der Waals surface area contributed by atoms with Crippen molar-refractivity contribution in [3.63, 3.8) is 0 Å². The van der Waals surface area contributed by atoms with Crippen molar-refractivity contribution in [3.05, 3.63) is 54.3 Å². The van der Waals surface area contributed by atoms with E-state index in [1.54, 1.807) is 0 Å². The van der Waals surface area contributed by atoms with E-state index in [1.165, 1.54) is 24.3 Å². The summed E-state index contributed by atoms with van der Waals surface area (Å²) < 4.78 is 13.0. The molecule has 124 valence electrons. The van der Waals surface area contributed by atoms with E-state index in [1.807, 2.05) is 43.3 Å². The summed E-state index contributed by atoms with van der Waals surface area (Å²) in [4.78, 5) is 27.8. The van der Waals surface area contributed by atoms with Crippen molar-refractivity contribution in [2.75, 3.05) is 29.2 Å². The van der Waals surface area contributed by atoms with Gasteiger partial charge in [0.2, 0.25) is 5.91 Å². The maximum absolute atomic E-state index is 13.0. The first-order valence-electron chi connectivity index (χ1n) is 7.62. The fraction of sp³-hybridized carbons (Fsp3) is 0.222. The molecule has 24 heavy (non-hydrogen) atoms. The molecule has 0 spiro atoms. The lowest BCUT2D eigenvalue weighted by Gasteiger charge is -2.17. The Balaban J connectivity index is 1.75. The van der Waals surface area contributed by atoms with Gasteiger partial charge in [0.25, 0.3) is 5.91 Å². The van der Waals surface area contributed by atoms with Crippen LogP contribution in [0, 0.1) is 5.82 Å². The van der Waals surface area contributed by atoms with Gasteiger partial charge >= 0.3 is 0 Å². The van der Waals surface area contributed by atoms with E-state index in [0.29, 0.717) is 5.69 Å². The molecule has 2 aromatic rings. The number of amides is 2. The summed E-state index contributed by atoms with van der Waals surface area (Å²) in [7, 11) is 3.89. The van der Waals surface area contributed by atoms with Gasteiger partial charge in [-0.15, -0.1) is 0 Å². The Morgan fingerprint density at radius 1 is 1.04 bits per heavy atom. The zero-order chi connectivity index (χ0) is 17.3. The first kappa shape index (κ1) is 16.0. The fourth-order valence-corrected chi connectivity index (χ4v) is 2.66. The summed E-state index contributed by atoms with van der Waals surface area (Å²) in [6, 6.07) is 12.3. The molecule has 0 aromatic heterocycles. The second-order valence-corrected chi connectivity index (χ2v) is 5.89. The van der Waals surface area contributed by atoms with Crippen LogP contribution in [0.4, 0.5) is 21.5 Å². The van der Waals surface area contributed by atoms with Gasteiger partial charge in [-0.1, -0.05) is 0 Å². The predicted octanol–water partition coefficient (Wildman–Crippen LogP) is 2.64. The molecule has 1 fully saturated rings. The summed E-state index contributed by atoms with van der Waals surface area (Å²) >= 11 is 0. The number of benzene rings is 2. The van der Waals surface area contributed by atoms with Crippen LogP contribution in [0.2, 0.25) is 0 Å². The molecule has 2 aromatic carbocycles. The highest BCUT2D eigenvalue weighted by Gasteiger charge is 2.39. The third-order valence-electron chi connectivity index (χ3n) is 3.96. The topological polar surface area (TPSA) is 52.7 Å². The molecule has 3 rings (SSSR count). The Labute approximate surface area is 139 Å². The van der Waals surface area contributed by atoms with Gasteiger partial charge in [0.1, 0.15) is 11.9 Å². The molecule has 1 saturated heterocycles. The van der Waals surface area contributed by atoms with E-state index in [9.17, 15) is 14.0 Å². The van der Waals surface area contributed by atoms with Crippen molar-refractivity contribution in [2.24, 2.45) is 0 Å². The number of carbonyl (C=O) groups excluding carboxylic acids is 2. The number of imide groups is 1. The van der Waals surface area contributed by atoms with Crippen molar-refractivity contribution in [1.82, 2.24) is 0 Å². The number of carbonyl (C=O) groups is 2. The molecule has 1 N–H and O–H groups in total.